The molecule has 3 aromatic carbocycles. The minimum absolute atomic E-state index is 0.0741. The van der Waals surface area contributed by atoms with Gasteiger partial charge >= 0.3 is 0 Å². The maximum atomic E-state index is 13.2. The highest BCUT2D eigenvalue weighted by Gasteiger charge is 2.12. The van der Waals surface area contributed by atoms with Gasteiger partial charge in [0.1, 0.15) is 5.82 Å². The molecule has 0 atom stereocenters. The SMILES string of the molecule is CN(Cc1cccc(F)c1)C(=O)c1ccc2ccccc2c1. The van der Waals surface area contributed by atoms with Crippen LogP contribution >= 0.6 is 0 Å². The van der Waals surface area contributed by atoms with Crippen molar-refractivity contribution in [2.45, 2.75) is 6.54 Å². The van der Waals surface area contributed by atoms with E-state index in [4.69, 9.17) is 0 Å². The Labute approximate surface area is 128 Å². The molecule has 0 aliphatic carbocycles. The second-order valence-corrected chi connectivity index (χ2v) is 5.35. The molecule has 1 amide bonds. The molecule has 0 saturated carbocycles. The molecule has 0 bridgehead atoms. The summed E-state index contributed by atoms with van der Waals surface area (Å²) in [4.78, 5) is 14.1. The third kappa shape index (κ3) is 2.98. The van der Waals surface area contributed by atoms with Crippen LogP contribution in [0.15, 0.2) is 66.7 Å². The topological polar surface area (TPSA) is 20.3 Å². The Bertz CT molecular complexity index is 828. The van der Waals surface area contributed by atoms with E-state index in [1.807, 2.05) is 48.5 Å². The lowest BCUT2D eigenvalue weighted by Crippen LogP contribution is -2.26. The Hall–Kier alpha value is -2.68. The summed E-state index contributed by atoms with van der Waals surface area (Å²) >= 11 is 0. The molecular formula is C19H16FNO. The summed E-state index contributed by atoms with van der Waals surface area (Å²) in [6, 6.07) is 19.9. The predicted molar refractivity (Wildman–Crippen MR) is 86.1 cm³/mol. The quantitative estimate of drug-likeness (QED) is 0.707. The molecule has 110 valence electrons. The van der Waals surface area contributed by atoms with E-state index in [0.29, 0.717) is 12.1 Å². The highest BCUT2D eigenvalue weighted by Crippen LogP contribution is 2.17. The van der Waals surface area contributed by atoms with Crippen molar-refractivity contribution in [3.63, 3.8) is 0 Å². The first-order valence-corrected chi connectivity index (χ1v) is 7.12. The Kier molecular flexibility index (Phi) is 3.88. The van der Waals surface area contributed by atoms with Crippen LogP contribution in [0.2, 0.25) is 0 Å². The van der Waals surface area contributed by atoms with Crippen molar-refractivity contribution < 1.29 is 9.18 Å². The predicted octanol–water partition coefficient (Wildman–Crippen LogP) is 4.25. The molecule has 0 radical (unpaired) electrons. The normalized spacial score (nSPS) is 10.6. The molecule has 0 saturated heterocycles. The van der Waals surface area contributed by atoms with E-state index in [1.54, 1.807) is 18.0 Å². The molecule has 0 N–H and O–H groups in total. The van der Waals surface area contributed by atoms with Gasteiger partial charge in [-0.25, -0.2) is 4.39 Å². The van der Waals surface area contributed by atoms with Crippen LogP contribution in [-0.4, -0.2) is 17.9 Å². The summed E-state index contributed by atoms with van der Waals surface area (Å²) in [7, 11) is 1.72. The number of halogens is 1. The molecule has 3 heteroatoms. The third-order valence-corrected chi connectivity index (χ3v) is 3.65. The van der Waals surface area contributed by atoms with Crippen LogP contribution in [0.3, 0.4) is 0 Å². The number of amides is 1. The van der Waals surface area contributed by atoms with Gasteiger partial charge in [0, 0.05) is 19.2 Å². The van der Waals surface area contributed by atoms with Crippen LogP contribution in [0.5, 0.6) is 0 Å². The zero-order valence-electron chi connectivity index (χ0n) is 12.3. The molecule has 0 aromatic heterocycles. The number of rotatable bonds is 3. The fourth-order valence-corrected chi connectivity index (χ4v) is 2.52. The average Bonchev–Trinajstić information content (AvgIpc) is 2.53. The van der Waals surface area contributed by atoms with Crippen molar-refractivity contribution in [2.75, 3.05) is 7.05 Å². The molecule has 0 aliphatic rings. The van der Waals surface area contributed by atoms with Crippen molar-refractivity contribution in [3.05, 3.63) is 83.7 Å². The van der Waals surface area contributed by atoms with E-state index in [9.17, 15) is 9.18 Å². The molecule has 0 unspecified atom stereocenters. The first-order valence-electron chi connectivity index (χ1n) is 7.12. The van der Waals surface area contributed by atoms with Crippen molar-refractivity contribution >= 4 is 16.7 Å². The summed E-state index contributed by atoms with van der Waals surface area (Å²) in [6.07, 6.45) is 0. The van der Waals surface area contributed by atoms with Crippen LogP contribution in [0.4, 0.5) is 4.39 Å². The third-order valence-electron chi connectivity index (χ3n) is 3.65. The van der Waals surface area contributed by atoms with Gasteiger partial charge in [-0.05, 0) is 40.6 Å². The van der Waals surface area contributed by atoms with Crippen molar-refractivity contribution in [1.82, 2.24) is 4.90 Å². The highest BCUT2D eigenvalue weighted by molar-refractivity contribution is 5.98. The Morgan fingerprint density at radius 2 is 1.73 bits per heavy atom. The molecule has 0 fully saturated rings. The maximum Gasteiger partial charge on any atom is 0.253 e. The van der Waals surface area contributed by atoms with Gasteiger partial charge in [0.2, 0.25) is 0 Å². The first kappa shape index (κ1) is 14.3. The number of hydrogen-bond acceptors (Lipinski definition) is 1. The maximum absolute atomic E-state index is 13.2. The van der Waals surface area contributed by atoms with Gasteiger partial charge in [-0.3, -0.25) is 4.79 Å². The van der Waals surface area contributed by atoms with Crippen LogP contribution in [0.1, 0.15) is 15.9 Å². The van der Waals surface area contributed by atoms with Crippen LogP contribution in [-0.2, 0) is 6.54 Å². The van der Waals surface area contributed by atoms with Crippen molar-refractivity contribution in [3.8, 4) is 0 Å². The lowest BCUT2D eigenvalue weighted by molar-refractivity contribution is 0.0785. The van der Waals surface area contributed by atoms with E-state index in [-0.39, 0.29) is 11.7 Å². The van der Waals surface area contributed by atoms with Crippen LogP contribution in [0, 0.1) is 5.82 Å². The Morgan fingerprint density at radius 3 is 2.50 bits per heavy atom. The summed E-state index contributed by atoms with van der Waals surface area (Å²) in [6.45, 7) is 0.378. The Balaban J connectivity index is 1.82. The summed E-state index contributed by atoms with van der Waals surface area (Å²) in [5, 5.41) is 2.14. The standard InChI is InChI=1S/C19H16FNO/c1-21(13-14-5-4-8-18(20)11-14)19(22)17-10-9-15-6-2-3-7-16(15)12-17/h2-12H,13H2,1H3. The number of hydrogen-bond donors (Lipinski definition) is 0. The first-order chi connectivity index (χ1) is 10.6. The van der Waals surface area contributed by atoms with Crippen LogP contribution < -0.4 is 0 Å². The average molecular weight is 293 g/mol. The van der Waals surface area contributed by atoms with Crippen LogP contribution in [0.25, 0.3) is 10.8 Å². The Morgan fingerprint density at radius 1 is 0.955 bits per heavy atom. The number of nitrogens with zero attached hydrogens (tertiary/aromatic N) is 1. The fraction of sp³-hybridized carbons (Fsp3) is 0.105. The van der Waals surface area contributed by atoms with Crippen molar-refractivity contribution in [1.29, 1.82) is 0 Å². The van der Waals surface area contributed by atoms with E-state index >= 15 is 0 Å². The summed E-state index contributed by atoms with van der Waals surface area (Å²) in [5.74, 6) is -0.362. The lowest BCUT2D eigenvalue weighted by Gasteiger charge is -2.17. The molecular weight excluding hydrogens is 277 g/mol. The highest BCUT2D eigenvalue weighted by atomic mass is 19.1. The van der Waals surface area contributed by atoms with Gasteiger partial charge in [-0.15, -0.1) is 0 Å². The number of carbonyl (C=O) groups is 1. The molecule has 0 spiro atoms. The van der Waals surface area contributed by atoms with Crippen molar-refractivity contribution in [2.24, 2.45) is 0 Å². The second-order valence-electron chi connectivity index (χ2n) is 5.35. The van der Waals surface area contributed by atoms with Gasteiger partial charge < -0.3 is 4.90 Å². The van der Waals surface area contributed by atoms with E-state index < -0.39 is 0 Å². The van der Waals surface area contributed by atoms with Gasteiger partial charge in [-0.2, -0.15) is 0 Å². The smallest absolute Gasteiger partial charge is 0.253 e. The molecule has 2 nitrogen and oxygen atoms in total. The van der Waals surface area contributed by atoms with E-state index in [0.717, 1.165) is 16.3 Å². The number of fused-ring (bicyclic) bond motifs is 1. The summed E-state index contributed by atoms with van der Waals surface area (Å²) in [5.41, 5.74) is 1.41. The van der Waals surface area contributed by atoms with Gasteiger partial charge in [0.15, 0.2) is 0 Å². The van der Waals surface area contributed by atoms with E-state index in [2.05, 4.69) is 0 Å². The molecule has 0 aliphatic heterocycles. The van der Waals surface area contributed by atoms with Gasteiger partial charge in [0.25, 0.3) is 5.91 Å². The molecule has 22 heavy (non-hydrogen) atoms. The largest absolute Gasteiger partial charge is 0.337 e. The van der Waals surface area contributed by atoms with Gasteiger partial charge in [0.05, 0.1) is 0 Å². The monoisotopic (exact) mass is 293 g/mol. The molecule has 3 rings (SSSR count). The van der Waals surface area contributed by atoms with Gasteiger partial charge in [-0.1, -0.05) is 42.5 Å². The fourth-order valence-electron chi connectivity index (χ4n) is 2.52. The minimum Gasteiger partial charge on any atom is -0.337 e. The molecule has 0 heterocycles. The second kappa shape index (κ2) is 5.98. The lowest BCUT2D eigenvalue weighted by atomic mass is 10.1. The van der Waals surface area contributed by atoms with E-state index in [1.165, 1.54) is 12.1 Å². The zero-order chi connectivity index (χ0) is 15.5. The summed E-state index contributed by atoms with van der Waals surface area (Å²) < 4.78 is 13.2. The zero-order valence-corrected chi connectivity index (χ0v) is 12.3. The number of carbonyl (C=O) groups excluding carboxylic acids is 1. The minimum atomic E-state index is -0.288. The molecule has 3 aromatic rings. The number of benzene rings is 3.